The van der Waals surface area contributed by atoms with Crippen molar-refractivity contribution in [2.24, 2.45) is 0 Å². The number of benzene rings is 3. The molecule has 0 aliphatic rings. The number of hydrogen-bond acceptors (Lipinski definition) is 8. The van der Waals surface area contributed by atoms with Crippen molar-refractivity contribution < 1.29 is 28.9 Å². The highest BCUT2D eigenvalue weighted by Crippen LogP contribution is 2.36. The van der Waals surface area contributed by atoms with Crippen LogP contribution in [0, 0.1) is 6.92 Å². The number of methoxy groups -OCH3 is 2. The number of hydrogen-bond donors (Lipinski definition) is 2. The van der Waals surface area contributed by atoms with E-state index in [0.717, 1.165) is 0 Å². The van der Waals surface area contributed by atoms with Crippen LogP contribution in [0.2, 0.25) is 0 Å². The van der Waals surface area contributed by atoms with Crippen molar-refractivity contribution in [2.75, 3.05) is 14.2 Å². The Morgan fingerprint density at radius 3 is 2.00 bits per heavy atom. The summed E-state index contributed by atoms with van der Waals surface area (Å²) in [6.07, 6.45) is -1.19. The van der Waals surface area contributed by atoms with Gasteiger partial charge >= 0.3 is 12.0 Å². The molecule has 0 bridgehead atoms. The Kier molecular flexibility index (Phi) is 8.58. The van der Waals surface area contributed by atoms with Crippen molar-refractivity contribution in [3.05, 3.63) is 107 Å². The van der Waals surface area contributed by atoms with Crippen LogP contribution in [0.25, 0.3) is 0 Å². The highest BCUT2D eigenvalue weighted by molar-refractivity contribution is 5.96. The first-order chi connectivity index (χ1) is 19.3. The normalized spacial score (nSPS) is 11.8. The molecule has 2 N–H and O–H groups in total. The molecule has 1 atom stereocenters. The lowest BCUT2D eigenvalue weighted by molar-refractivity contribution is -0.148. The first-order valence-electron chi connectivity index (χ1n) is 12.6. The summed E-state index contributed by atoms with van der Waals surface area (Å²) in [5, 5.41) is 13.6. The Hall–Kier alpha value is -4.99. The molecule has 0 aliphatic carbocycles. The molecule has 10 nitrogen and oxygen atoms in total. The van der Waals surface area contributed by atoms with Crippen LogP contribution in [0.5, 0.6) is 17.5 Å². The van der Waals surface area contributed by atoms with E-state index in [1.165, 1.54) is 20.3 Å². The zero-order valence-electron chi connectivity index (χ0n) is 22.6. The van der Waals surface area contributed by atoms with Crippen LogP contribution in [0.15, 0.2) is 78.9 Å². The number of carbonyl (C=O) groups excluding carboxylic acids is 1. The monoisotopic (exact) mass is 542 g/mol. The molecule has 4 rings (SSSR count). The average Bonchev–Trinajstić information content (AvgIpc) is 2.98. The SMILES string of the molecule is CCc1nc(C)nc(OC(C(=O)O)C(NC(=O)c2ccc(OC)c(OC)c2)(c2ccccc2)c2ccccc2)n1. The fourth-order valence-electron chi connectivity index (χ4n) is 4.46. The van der Waals surface area contributed by atoms with Gasteiger partial charge in [-0.25, -0.2) is 9.78 Å². The summed E-state index contributed by atoms with van der Waals surface area (Å²) in [6.45, 7) is 3.54. The Labute approximate surface area is 232 Å². The van der Waals surface area contributed by atoms with Gasteiger partial charge < -0.3 is 24.6 Å². The largest absolute Gasteiger partial charge is 0.493 e. The van der Waals surface area contributed by atoms with Gasteiger partial charge in [-0.05, 0) is 36.2 Å². The molecule has 0 saturated carbocycles. The molecular formula is C30H30N4O6. The molecule has 4 aromatic rings. The fraction of sp³-hybridized carbons (Fsp3) is 0.233. The molecular weight excluding hydrogens is 512 g/mol. The summed E-state index contributed by atoms with van der Waals surface area (Å²) in [5.41, 5.74) is -0.541. The van der Waals surface area contributed by atoms with Crippen LogP contribution in [-0.2, 0) is 16.8 Å². The minimum Gasteiger partial charge on any atom is -0.493 e. The smallest absolute Gasteiger partial charge is 0.348 e. The first-order valence-corrected chi connectivity index (χ1v) is 12.6. The topological polar surface area (TPSA) is 133 Å². The van der Waals surface area contributed by atoms with Crippen molar-refractivity contribution in [3.63, 3.8) is 0 Å². The van der Waals surface area contributed by atoms with Gasteiger partial charge in [0.15, 0.2) is 11.5 Å². The van der Waals surface area contributed by atoms with Gasteiger partial charge in [0, 0.05) is 12.0 Å². The van der Waals surface area contributed by atoms with Crippen LogP contribution in [0.4, 0.5) is 0 Å². The highest BCUT2D eigenvalue weighted by atomic mass is 16.5. The third kappa shape index (κ3) is 5.70. The molecule has 1 unspecified atom stereocenters. The Balaban J connectivity index is 1.93. The number of aliphatic carboxylic acids is 1. The van der Waals surface area contributed by atoms with E-state index in [1.54, 1.807) is 79.7 Å². The van der Waals surface area contributed by atoms with Crippen LogP contribution in [0.1, 0.15) is 40.1 Å². The second-order valence-electron chi connectivity index (χ2n) is 8.84. The number of carbonyl (C=O) groups is 2. The number of carboxylic acids is 1. The lowest BCUT2D eigenvalue weighted by atomic mass is 9.77. The zero-order valence-corrected chi connectivity index (χ0v) is 22.6. The van der Waals surface area contributed by atoms with Gasteiger partial charge in [-0.2, -0.15) is 9.97 Å². The van der Waals surface area contributed by atoms with Gasteiger partial charge in [0.25, 0.3) is 5.91 Å². The lowest BCUT2D eigenvalue weighted by Gasteiger charge is -2.39. The predicted octanol–water partition coefficient (Wildman–Crippen LogP) is 3.97. The van der Waals surface area contributed by atoms with E-state index < -0.39 is 23.5 Å². The van der Waals surface area contributed by atoms with Gasteiger partial charge in [0.05, 0.1) is 14.2 Å². The summed E-state index contributed by atoms with van der Waals surface area (Å²) in [5.74, 6) is -0.281. The predicted molar refractivity (Wildman–Crippen MR) is 147 cm³/mol. The van der Waals surface area contributed by atoms with Crippen LogP contribution < -0.4 is 19.5 Å². The van der Waals surface area contributed by atoms with Crippen molar-refractivity contribution in [2.45, 2.75) is 31.9 Å². The Morgan fingerprint density at radius 2 is 1.48 bits per heavy atom. The second-order valence-corrected chi connectivity index (χ2v) is 8.84. The molecule has 0 fully saturated rings. The van der Waals surface area contributed by atoms with Gasteiger partial charge in [-0.3, -0.25) is 4.79 Å². The van der Waals surface area contributed by atoms with Gasteiger partial charge in [0.1, 0.15) is 17.2 Å². The highest BCUT2D eigenvalue weighted by Gasteiger charge is 2.50. The standard InChI is InChI=1S/C30H30N4O6/c1-5-25-31-19(2)32-29(33-25)40-26(28(36)37)30(21-12-8-6-9-13-21,22-14-10-7-11-15-22)34-27(35)20-16-17-23(38-3)24(18-20)39-4/h6-18,26H,5H2,1-4H3,(H,34,35)(H,36,37). The van der Waals surface area contributed by atoms with Gasteiger partial charge in [-0.1, -0.05) is 67.6 Å². The number of aryl methyl sites for hydroxylation is 2. The fourth-order valence-corrected chi connectivity index (χ4v) is 4.46. The molecule has 10 heteroatoms. The van der Waals surface area contributed by atoms with Crippen LogP contribution >= 0.6 is 0 Å². The maximum Gasteiger partial charge on any atom is 0.348 e. The van der Waals surface area contributed by atoms with Crippen LogP contribution in [0.3, 0.4) is 0 Å². The second kappa shape index (κ2) is 12.2. The van der Waals surface area contributed by atoms with E-state index in [0.29, 0.717) is 40.7 Å². The number of carboxylic acid groups (broad SMARTS) is 1. The molecule has 1 amide bonds. The average molecular weight is 543 g/mol. The number of nitrogens with zero attached hydrogens (tertiary/aromatic N) is 3. The first kappa shape index (κ1) is 28.0. The zero-order chi connectivity index (χ0) is 28.7. The molecule has 40 heavy (non-hydrogen) atoms. The summed E-state index contributed by atoms with van der Waals surface area (Å²) < 4.78 is 16.8. The van der Waals surface area contributed by atoms with E-state index in [-0.39, 0.29) is 11.6 Å². The van der Waals surface area contributed by atoms with Gasteiger partial charge in [-0.15, -0.1) is 0 Å². The number of ether oxygens (including phenoxy) is 3. The maximum atomic E-state index is 13.9. The summed E-state index contributed by atoms with van der Waals surface area (Å²) >= 11 is 0. The lowest BCUT2D eigenvalue weighted by Crippen LogP contribution is -2.60. The van der Waals surface area contributed by atoms with E-state index in [4.69, 9.17) is 14.2 Å². The number of rotatable bonds is 11. The summed E-state index contributed by atoms with van der Waals surface area (Å²) in [4.78, 5) is 39.8. The molecule has 0 radical (unpaired) electrons. The van der Waals surface area contributed by atoms with Crippen molar-refractivity contribution in [1.29, 1.82) is 0 Å². The van der Waals surface area contributed by atoms with Crippen molar-refractivity contribution >= 4 is 11.9 Å². The Bertz CT molecular complexity index is 1440. The molecule has 0 spiro atoms. The van der Waals surface area contributed by atoms with Crippen molar-refractivity contribution in [3.8, 4) is 17.5 Å². The molecule has 1 heterocycles. The minimum absolute atomic E-state index is 0.159. The number of nitrogens with one attached hydrogen (secondary N) is 1. The summed E-state index contributed by atoms with van der Waals surface area (Å²) in [7, 11) is 2.96. The van der Waals surface area contributed by atoms with E-state index in [2.05, 4.69) is 20.3 Å². The third-order valence-electron chi connectivity index (χ3n) is 6.34. The molecule has 0 saturated heterocycles. The Morgan fingerprint density at radius 1 is 0.875 bits per heavy atom. The maximum absolute atomic E-state index is 13.9. The van der Waals surface area contributed by atoms with E-state index in [9.17, 15) is 14.7 Å². The number of amides is 1. The summed E-state index contributed by atoms with van der Waals surface area (Å²) in [6, 6.07) is 22.1. The third-order valence-corrected chi connectivity index (χ3v) is 6.34. The van der Waals surface area contributed by atoms with Gasteiger partial charge in [0.2, 0.25) is 6.10 Å². The van der Waals surface area contributed by atoms with Crippen molar-refractivity contribution in [1.82, 2.24) is 20.3 Å². The number of aromatic nitrogens is 3. The van der Waals surface area contributed by atoms with E-state index >= 15 is 0 Å². The molecule has 0 aliphatic heterocycles. The van der Waals surface area contributed by atoms with E-state index in [1.807, 2.05) is 6.92 Å². The van der Waals surface area contributed by atoms with Crippen LogP contribution in [-0.4, -0.2) is 52.3 Å². The molecule has 206 valence electrons. The quantitative estimate of drug-likeness (QED) is 0.289. The minimum atomic E-state index is -1.72. The molecule has 1 aromatic heterocycles. The molecule has 3 aromatic carbocycles.